The van der Waals surface area contributed by atoms with Crippen molar-refractivity contribution in [2.75, 3.05) is 45.7 Å². The molecule has 2 aliphatic heterocycles. The number of aromatic nitrogens is 2. The number of carbonyl (C=O) groups is 2. The van der Waals surface area contributed by atoms with Crippen molar-refractivity contribution in [3.05, 3.63) is 17.6 Å². The van der Waals surface area contributed by atoms with Gasteiger partial charge in [-0.15, -0.1) is 0 Å². The third kappa shape index (κ3) is 3.81. The first-order valence-corrected chi connectivity index (χ1v) is 9.47. The van der Waals surface area contributed by atoms with Crippen molar-refractivity contribution < 1.29 is 9.59 Å². The van der Waals surface area contributed by atoms with E-state index < -0.39 is 0 Å². The van der Waals surface area contributed by atoms with Crippen molar-refractivity contribution in [3.63, 3.8) is 0 Å². The van der Waals surface area contributed by atoms with Gasteiger partial charge in [0.25, 0.3) is 0 Å². The smallest absolute Gasteiger partial charge is 0.223 e. The van der Waals surface area contributed by atoms with E-state index in [4.69, 9.17) is 9.97 Å². The number of amides is 2. The van der Waals surface area contributed by atoms with E-state index in [1.807, 2.05) is 43.9 Å². The number of hydrogen-bond donors (Lipinski definition) is 0. The van der Waals surface area contributed by atoms with Gasteiger partial charge in [-0.25, -0.2) is 9.97 Å². The zero-order valence-electron chi connectivity index (χ0n) is 16.2. The lowest BCUT2D eigenvalue weighted by Gasteiger charge is -2.31. The lowest BCUT2D eigenvalue weighted by atomic mass is 9.95. The highest BCUT2D eigenvalue weighted by molar-refractivity contribution is 5.79. The van der Waals surface area contributed by atoms with Gasteiger partial charge in [-0.2, -0.15) is 0 Å². The van der Waals surface area contributed by atoms with Gasteiger partial charge in [0.15, 0.2) is 0 Å². The Balaban J connectivity index is 1.81. The highest BCUT2D eigenvalue weighted by Gasteiger charge is 2.31. The summed E-state index contributed by atoms with van der Waals surface area (Å²) in [6, 6.07) is 2.01. The van der Waals surface area contributed by atoms with Crippen LogP contribution < -0.4 is 4.90 Å². The van der Waals surface area contributed by atoms with Crippen LogP contribution in [0.15, 0.2) is 6.07 Å². The van der Waals surface area contributed by atoms with E-state index >= 15 is 0 Å². The summed E-state index contributed by atoms with van der Waals surface area (Å²) < 4.78 is 0. The van der Waals surface area contributed by atoms with Gasteiger partial charge in [-0.05, 0) is 12.8 Å². The van der Waals surface area contributed by atoms with Gasteiger partial charge < -0.3 is 14.7 Å². The summed E-state index contributed by atoms with van der Waals surface area (Å²) in [6.45, 7) is 4.16. The molecule has 2 saturated heterocycles. The number of piperidine rings is 1. The average Bonchev–Trinajstić information content (AvgIpc) is 2.99. The van der Waals surface area contributed by atoms with Crippen LogP contribution in [0.1, 0.15) is 56.0 Å². The largest absolute Gasteiger partial charge is 0.363 e. The molecule has 2 aliphatic rings. The SMILES string of the molecule is CCC(=O)N1CCC(c2nc(C3CC(=O)N(C)C3)cc(N(C)C)n2)CC1. The molecule has 0 saturated carbocycles. The second-order valence-electron chi connectivity index (χ2n) is 7.59. The summed E-state index contributed by atoms with van der Waals surface area (Å²) in [7, 11) is 5.80. The maximum Gasteiger partial charge on any atom is 0.223 e. The Labute approximate surface area is 155 Å². The quantitative estimate of drug-likeness (QED) is 0.817. The van der Waals surface area contributed by atoms with Crippen molar-refractivity contribution in [2.24, 2.45) is 0 Å². The molecule has 2 amide bonds. The van der Waals surface area contributed by atoms with Crippen LogP contribution in [0.3, 0.4) is 0 Å². The third-order valence-electron chi connectivity index (χ3n) is 5.48. The lowest BCUT2D eigenvalue weighted by Crippen LogP contribution is -2.37. The van der Waals surface area contributed by atoms with Crippen LogP contribution in [0, 0.1) is 0 Å². The topological polar surface area (TPSA) is 69.6 Å². The molecule has 7 nitrogen and oxygen atoms in total. The van der Waals surface area contributed by atoms with Crippen LogP contribution in [-0.2, 0) is 9.59 Å². The second-order valence-corrected chi connectivity index (χ2v) is 7.59. The molecular weight excluding hydrogens is 330 g/mol. The van der Waals surface area contributed by atoms with Crippen LogP contribution in [0.2, 0.25) is 0 Å². The minimum absolute atomic E-state index is 0.134. The maximum atomic E-state index is 11.9. The molecule has 1 aromatic heterocycles. The Bertz CT molecular complexity index is 683. The number of anilines is 1. The van der Waals surface area contributed by atoms with Crippen molar-refractivity contribution in [2.45, 2.75) is 44.4 Å². The standard InChI is InChI=1S/C19H29N5O2/c1-5-17(25)24-8-6-13(7-9-24)19-20-15(11-16(21-19)22(2)3)14-10-18(26)23(4)12-14/h11,13-14H,5-10,12H2,1-4H3. The first kappa shape index (κ1) is 18.6. The number of likely N-dealkylation sites (tertiary alicyclic amines) is 2. The predicted octanol–water partition coefficient (Wildman–Crippen LogP) is 1.60. The van der Waals surface area contributed by atoms with Crippen molar-refractivity contribution in [1.82, 2.24) is 19.8 Å². The van der Waals surface area contributed by atoms with Crippen LogP contribution in [0.5, 0.6) is 0 Å². The molecule has 0 aromatic carbocycles. The zero-order valence-corrected chi connectivity index (χ0v) is 16.2. The summed E-state index contributed by atoms with van der Waals surface area (Å²) in [5.41, 5.74) is 0.962. The van der Waals surface area contributed by atoms with Gasteiger partial charge in [0.1, 0.15) is 11.6 Å². The minimum atomic E-state index is 0.134. The van der Waals surface area contributed by atoms with E-state index in [1.54, 1.807) is 4.90 Å². The predicted molar refractivity (Wildman–Crippen MR) is 100 cm³/mol. The molecule has 3 rings (SSSR count). The molecule has 0 N–H and O–H groups in total. The molecule has 142 valence electrons. The summed E-state index contributed by atoms with van der Waals surface area (Å²) in [4.78, 5) is 39.2. The number of likely N-dealkylation sites (N-methyl/N-ethyl adjacent to an activating group) is 1. The molecule has 1 atom stereocenters. The fraction of sp³-hybridized carbons (Fsp3) is 0.684. The molecule has 0 bridgehead atoms. The van der Waals surface area contributed by atoms with E-state index in [2.05, 4.69) is 0 Å². The number of carbonyl (C=O) groups excluding carboxylic acids is 2. The Kier molecular flexibility index (Phi) is 5.44. The summed E-state index contributed by atoms with van der Waals surface area (Å²) >= 11 is 0. The molecule has 0 spiro atoms. The molecule has 0 radical (unpaired) electrons. The minimum Gasteiger partial charge on any atom is -0.363 e. The van der Waals surface area contributed by atoms with Crippen molar-refractivity contribution in [1.29, 1.82) is 0 Å². The Morgan fingerprint density at radius 1 is 1.23 bits per heavy atom. The highest BCUT2D eigenvalue weighted by Crippen LogP contribution is 2.31. The third-order valence-corrected chi connectivity index (χ3v) is 5.48. The second kappa shape index (κ2) is 7.60. The molecule has 1 aromatic rings. The van der Waals surface area contributed by atoms with Crippen molar-refractivity contribution in [3.8, 4) is 0 Å². The molecule has 26 heavy (non-hydrogen) atoms. The fourth-order valence-corrected chi connectivity index (χ4v) is 3.76. The van der Waals surface area contributed by atoms with Crippen LogP contribution in [-0.4, -0.2) is 72.4 Å². The highest BCUT2D eigenvalue weighted by atomic mass is 16.2. The summed E-state index contributed by atoms with van der Waals surface area (Å²) in [6.07, 6.45) is 2.87. The van der Waals surface area contributed by atoms with Crippen LogP contribution in [0.25, 0.3) is 0 Å². The first-order valence-electron chi connectivity index (χ1n) is 9.47. The number of nitrogens with zero attached hydrogens (tertiary/aromatic N) is 5. The average molecular weight is 359 g/mol. The monoisotopic (exact) mass is 359 g/mol. The van der Waals surface area contributed by atoms with Gasteiger partial charge in [0, 0.05) is 71.5 Å². The Hall–Kier alpha value is -2.18. The normalized spacial score (nSPS) is 21.4. The molecule has 0 aliphatic carbocycles. The number of hydrogen-bond acceptors (Lipinski definition) is 5. The van der Waals surface area contributed by atoms with Gasteiger partial charge in [-0.1, -0.05) is 6.92 Å². The summed E-state index contributed by atoms with van der Waals surface area (Å²) in [5.74, 6) is 2.54. The lowest BCUT2D eigenvalue weighted by molar-refractivity contribution is -0.132. The van der Waals surface area contributed by atoms with Crippen LogP contribution in [0.4, 0.5) is 5.82 Å². The van der Waals surface area contributed by atoms with E-state index in [1.165, 1.54) is 0 Å². The molecule has 7 heteroatoms. The van der Waals surface area contributed by atoms with Crippen molar-refractivity contribution >= 4 is 17.6 Å². The van der Waals surface area contributed by atoms with Crippen LogP contribution >= 0.6 is 0 Å². The van der Waals surface area contributed by atoms with Gasteiger partial charge in [-0.3, -0.25) is 9.59 Å². The van der Waals surface area contributed by atoms with E-state index in [0.717, 1.165) is 43.3 Å². The van der Waals surface area contributed by atoms with E-state index in [-0.39, 0.29) is 23.7 Å². The molecule has 3 heterocycles. The van der Waals surface area contributed by atoms with E-state index in [0.29, 0.717) is 19.4 Å². The van der Waals surface area contributed by atoms with Gasteiger partial charge in [0.2, 0.25) is 11.8 Å². The number of rotatable bonds is 4. The molecule has 1 unspecified atom stereocenters. The molecule has 2 fully saturated rings. The zero-order chi connectivity index (χ0) is 18.8. The van der Waals surface area contributed by atoms with Gasteiger partial charge >= 0.3 is 0 Å². The first-order chi connectivity index (χ1) is 12.4. The maximum absolute atomic E-state index is 11.9. The Morgan fingerprint density at radius 3 is 2.46 bits per heavy atom. The Morgan fingerprint density at radius 2 is 1.92 bits per heavy atom. The summed E-state index contributed by atoms with van der Waals surface area (Å²) in [5, 5.41) is 0. The molecular formula is C19H29N5O2. The van der Waals surface area contributed by atoms with E-state index in [9.17, 15) is 9.59 Å². The van der Waals surface area contributed by atoms with Gasteiger partial charge in [0.05, 0.1) is 5.69 Å². The fourth-order valence-electron chi connectivity index (χ4n) is 3.76.